The first-order chi connectivity index (χ1) is 8.93. The molecule has 1 amide bonds. The summed E-state index contributed by atoms with van der Waals surface area (Å²) in [5, 5.41) is 14.4. The summed E-state index contributed by atoms with van der Waals surface area (Å²) in [5.74, 6) is -2.15. The maximum Gasteiger partial charge on any atom is 0.237 e. The van der Waals surface area contributed by atoms with Gasteiger partial charge in [-0.15, -0.1) is 0 Å². The molecule has 0 bridgehead atoms. The van der Waals surface area contributed by atoms with E-state index >= 15 is 0 Å². The largest absolute Gasteiger partial charge is 0.392 e. The van der Waals surface area contributed by atoms with Crippen LogP contribution in [0, 0.1) is 11.6 Å². The minimum Gasteiger partial charge on any atom is -0.392 e. The number of aliphatic hydroxyl groups is 1. The van der Waals surface area contributed by atoms with E-state index in [9.17, 15) is 13.6 Å². The summed E-state index contributed by atoms with van der Waals surface area (Å²) in [6, 6.07) is 2.97. The first-order valence-electron chi connectivity index (χ1n) is 6.01. The van der Waals surface area contributed by atoms with Crippen LogP contribution in [0.1, 0.15) is 12.5 Å². The summed E-state index contributed by atoms with van der Waals surface area (Å²) in [6.07, 6.45) is -0.399. The summed E-state index contributed by atoms with van der Waals surface area (Å²) in [5.41, 5.74) is 0.519. The maximum absolute atomic E-state index is 13.1. The molecule has 0 unspecified atom stereocenters. The molecule has 2 atom stereocenters. The van der Waals surface area contributed by atoms with Crippen molar-refractivity contribution in [3.05, 3.63) is 35.4 Å². The van der Waals surface area contributed by atoms with Gasteiger partial charge in [-0.1, -0.05) is 6.07 Å². The molecule has 106 valence electrons. The average Bonchev–Trinajstić information content (AvgIpc) is 2.37. The van der Waals surface area contributed by atoms with Crippen molar-refractivity contribution in [1.29, 1.82) is 0 Å². The first kappa shape index (κ1) is 15.5. The van der Waals surface area contributed by atoms with E-state index in [1.807, 2.05) is 0 Å². The third-order valence-electron chi connectivity index (χ3n) is 2.66. The van der Waals surface area contributed by atoms with Crippen molar-refractivity contribution in [3.63, 3.8) is 0 Å². The topological polar surface area (TPSA) is 61.4 Å². The van der Waals surface area contributed by atoms with Crippen LogP contribution in [0.4, 0.5) is 8.78 Å². The zero-order chi connectivity index (χ0) is 14.4. The van der Waals surface area contributed by atoms with Gasteiger partial charge in [-0.25, -0.2) is 8.78 Å². The molecule has 1 aromatic rings. The average molecular weight is 272 g/mol. The van der Waals surface area contributed by atoms with Crippen molar-refractivity contribution in [2.24, 2.45) is 0 Å². The Balaban J connectivity index is 2.65. The summed E-state index contributed by atoms with van der Waals surface area (Å²) in [4.78, 5) is 11.8. The van der Waals surface area contributed by atoms with Gasteiger partial charge in [-0.2, -0.15) is 0 Å². The SMILES string of the molecule is CN[C@H](Cc1ccc(F)c(F)c1)C(=O)NC[C@H](C)O. The number of amides is 1. The van der Waals surface area contributed by atoms with Crippen LogP contribution in [0.5, 0.6) is 0 Å². The number of carbonyl (C=O) groups is 1. The third kappa shape index (κ3) is 4.92. The molecule has 0 fully saturated rings. The summed E-state index contributed by atoms with van der Waals surface area (Å²) < 4.78 is 25.8. The number of likely N-dealkylation sites (N-methyl/N-ethyl adjacent to an activating group) is 1. The van der Waals surface area contributed by atoms with Crippen molar-refractivity contribution in [2.45, 2.75) is 25.5 Å². The lowest BCUT2D eigenvalue weighted by atomic mass is 10.1. The number of nitrogens with one attached hydrogen (secondary N) is 2. The summed E-state index contributed by atoms with van der Waals surface area (Å²) >= 11 is 0. The highest BCUT2D eigenvalue weighted by atomic mass is 19.2. The number of benzene rings is 1. The van der Waals surface area contributed by atoms with Crippen LogP contribution in [0.15, 0.2) is 18.2 Å². The molecule has 1 aromatic carbocycles. The Kier molecular flexibility index (Phi) is 5.85. The van der Waals surface area contributed by atoms with Crippen LogP contribution in [-0.4, -0.2) is 36.8 Å². The van der Waals surface area contributed by atoms with Crippen LogP contribution in [0.3, 0.4) is 0 Å². The van der Waals surface area contributed by atoms with Gasteiger partial charge in [0.1, 0.15) is 0 Å². The van der Waals surface area contributed by atoms with Gasteiger partial charge in [0.25, 0.3) is 0 Å². The van der Waals surface area contributed by atoms with Crippen LogP contribution < -0.4 is 10.6 Å². The van der Waals surface area contributed by atoms with Gasteiger partial charge in [0, 0.05) is 6.54 Å². The van der Waals surface area contributed by atoms with E-state index in [-0.39, 0.29) is 18.9 Å². The molecule has 0 radical (unpaired) electrons. The molecular formula is C13H18F2N2O2. The first-order valence-corrected chi connectivity index (χ1v) is 6.01. The molecule has 3 N–H and O–H groups in total. The maximum atomic E-state index is 13.1. The van der Waals surface area contributed by atoms with E-state index in [4.69, 9.17) is 5.11 Å². The van der Waals surface area contributed by atoms with E-state index in [0.717, 1.165) is 12.1 Å². The fourth-order valence-electron chi connectivity index (χ4n) is 1.60. The molecule has 19 heavy (non-hydrogen) atoms. The minimum atomic E-state index is -0.934. The standard InChI is InChI=1S/C13H18F2N2O2/c1-8(18)7-17-13(19)12(16-2)6-9-3-4-10(14)11(15)5-9/h3-5,8,12,16,18H,6-7H2,1-2H3,(H,17,19)/t8-,12+/m0/s1. The Morgan fingerprint density at radius 2 is 2.05 bits per heavy atom. The lowest BCUT2D eigenvalue weighted by molar-refractivity contribution is -0.123. The lowest BCUT2D eigenvalue weighted by Crippen LogP contribution is -2.45. The summed E-state index contributed by atoms with van der Waals surface area (Å²) in [6.45, 7) is 1.71. The van der Waals surface area contributed by atoms with E-state index in [2.05, 4.69) is 10.6 Å². The van der Waals surface area contributed by atoms with Crippen LogP contribution in [-0.2, 0) is 11.2 Å². The summed E-state index contributed by atoms with van der Waals surface area (Å²) in [7, 11) is 1.60. The molecule has 0 aliphatic rings. The van der Waals surface area contributed by atoms with Gasteiger partial charge in [0.05, 0.1) is 12.1 Å². The van der Waals surface area contributed by atoms with Gasteiger partial charge in [0.2, 0.25) is 5.91 Å². The van der Waals surface area contributed by atoms with Crippen LogP contribution >= 0.6 is 0 Å². The molecule has 0 aromatic heterocycles. The van der Waals surface area contributed by atoms with Crippen molar-refractivity contribution < 1.29 is 18.7 Å². The predicted molar refractivity (Wildman–Crippen MR) is 67.6 cm³/mol. The third-order valence-corrected chi connectivity index (χ3v) is 2.66. The zero-order valence-corrected chi connectivity index (χ0v) is 10.9. The van der Waals surface area contributed by atoms with Gasteiger partial charge in [-0.05, 0) is 38.1 Å². The molecule has 0 aliphatic carbocycles. The second-order valence-corrected chi connectivity index (χ2v) is 4.39. The Hall–Kier alpha value is -1.53. The molecule has 4 nitrogen and oxygen atoms in total. The number of hydrogen-bond donors (Lipinski definition) is 3. The van der Waals surface area contributed by atoms with Gasteiger partial charge >= 0.3 is 0 Å². The van der Waals surface area contributed by atoms with Gasteiger partial charge < -0.3 is 15.7 Å². The highest BCUT2D eigenvalue weighted by Gasteiger charge is 2.17. The molecule has 0 spiro atoms. The van der Waals surface area contributed by atoms with E-state index < -0.39 is 23.8 Å². The van der Waals surface area contributed by atoms with Crippen LogP contribution in [0.25, 0.3) is 0 Å². The Morgan fingerprint density at radius 3 is 2.58 bits per heavy atom. The zero-order valence-electron chi connectivity index (χ0n) is 10.9. The normalized spacial score (nSPS) is 13.9. The Labute approximate surface area is 110 Å². The van der Waals surface area contributed by atoms with Gasteiger partial charge in [0.15, 0.2) is 11.6 Å². The van der Waals surface area contributed by atoms with E-state index in [1.54, 1.807) is 14.0 Å². The highest BCUT2D eigenvalue weighted by molar-refractivity contribution is 5.82. The molecule has 6 heteroatoms. The molecule has 0 saturated carbocycles. The van der Waals surface area contributed by atoms with Crippen molar-refractivity contribution in [3.8, 4) is 0 Å². The smallest absolute Gasteiger partial charge is 0.237 e. The quantitative estimate of drug-likeness (QED) is 0.710. The van der Waals surface area contributed by atoms with E-state index in [0.29, 0.717) is 5.56 Å². The number of hydrogen-bond acceptors (Lipinski definition) is 3. The van der Waals surface area contributed by atoms with Crippen LogP contribution in [0.2, 0.25) is 0 Å². The second-order valence-electron chi connectivity index (χ2n) is 4.39. The molecule has 0 aliphatic heterocycles. The van der Waals surface area contributed by atoms with Crippen molar-refractivity contribution in [2.75, 3.05) is 13.6 Å². The van der Waals surface area contributed by atoms with Crippen molar-refractivity contribution >= 4 is 5.91 Å². The molecule has 0 heterocycles. The molecule has 1 rings (SSSR count). The Bertz CT molecular complexity index is 439. The fraction of sp³-hybridized carbons (Fsp3) is 0.462. The predicted octanol–water partition coefficient (Wildman–Crippen LogP) is 0.592. The van der Waals surface area contributed by atoms with E-state index in [1.165, 1.54) is 6.07 Å². The van der Waals surface area contributed by atoms with Crippen molar-refractivity contribution in [1.82, 2.24) is 10.6 Å². The lowest BCUT2D eigenvalue weighted by Gasteiger charge is -2.17. The highest BCUT2D eigenvalue weighted by Crippen LogP contribution is 2.10. The molecule has 0 saturated heterocycles. The minimum absolute atomic E-state index is 0.148. The number of halogens is 2. The fourth-order valence-corrected chi connectivity index (χ4v) is 1.60. The monoisotopic (exact) mass is 272 g/mol. The number of aliphatic hydroxyl groups excluding tert-OH is 1. The van der Waals surface area contributed by atoms with Gasteiger partial charge in [-0.3, -0.25) is 4.79 Å². The molecular weight excluding hydrogens is 254 g/mol. The number of rotatable bonds is 6. The number of carbonyl (C=O) groups excluding carboxylic acids is 1. The Morgan fingerprint density at radius 1 is 1.37 bits per heavy atom. The second kappa shape index (κ2) is 7.16.